The fourth-order valence-corrected chi connectivity index (χ4v) is 4.11. The number of rotatable bonds is 12. The second kappa shape index (κ2) is 14.4. The monoisotopic (exact) mass is 603 g/mol. The topological polar surface area (TPSA) is 85.7 Å². The Morgan fingerprint density at radius 3 is 2.40 bits per heavy atom. The van der Waals surface area contributed by atoms with E-state index in [2.05, 4.69) is 26.6 Å². The Labute approximate surface area is 228 Å². The highest BCUT2D eigenvalue weighted by Gasteiger charge is 2.13. The molecule has 0 aliphatic carbocycles. The number of nitro benzene ring substituents is 1. The number of anilines is 1. The highest BCUT2D eigenvalue weighted by molar-refractivity contribution is 9.10. The third-order valence-corrected chi connectivity index (χ3v) is 5.93. The maximum absolute atomic E-state index is 10.8. The minimum atomic E-state index is -0.472. The minimum Gasteiger partial charge on any atom is -0.490 e. The van der Waals surface area contributed by atoms with Gasteiger partial charge in [0.1, 0.15) is 6.61 Å². The van der Waals surface area contributed by atoms with Gasteiger partial charge in [0.15, 0.2) is 11.5 Å². The number of benzene rings is 3. The van der Waals surface area contributed by atoms with Crippen LogP contribution in [-0.4, -0.2) is 24.6 Å². The lowest BCUT2D eigenvalue weighted by atomic mass is 10.2. The zero-order chi connectivity index (χ0) is 24.5. The SMILES string of the molecule is CCOc1cc(CNCCNc2ccc([N+](=O)[O-])cc2Cl)cc(Br)c1OCc1ccc(Cl)cc1.Cl. The van der Waals surface area contributed by atoms with Gasteiger partial charge < -0.3 is 20.1 Å². The highest BCUT2D eigenvalue weighted by atomic mass is 79.9. The number of ether oxygens (including phenoxy) is 2. The van der Waals surface area contributed by atoms with Gasteiger partial charge in [-0.3, -0.25) is 10.1 Å². The molecular formula is C24H25BrCl3N3O4. The van der Waals surface area contributed by atoms with Gasteiger partial charge in [0, 0.05) is 36.8 Å². The summed E-state index contributed by atoms with van der Waals surface area (Å²) in [6.45, 7) is 4.70. The maximum atomic E-state index is 10.8. The first kappa shape index (κ1) is 29.0. The van der Waals surface area contributed by atoms with Gasteiger partial charge in [0.2, 0.25) is 0 Å². The Hall–Kier alpha value is -2.23. The molecule has 7 nitrogen and oxygen atoms in total. The third kappa shape index (κ3) is 8.74. The molecule has 0 saturated heterocycles. The summed E-state index contributed by atoms with van der Waals surface area (Å²) < 4.78 is 12.6. The van der Waals surface area contributed by atoms with Crippen LogP contribution in [0.3, 0.4) is 0 Å². The molecule has 0 radical (unpaired) electrons. The lowest BCUT2D eigenvalue weighted by molar-refractivity contribution is -0.384. The van der Waals surface area contributed by atoms with Crippen molar-refractivity contribution in [3.05, 3.63) is 90.4 Å². The Bertz CT molecular complexity index is 1130. The molecule has 0 aromatic heterocycles. The van der Waals surface area contributed by atoms with Crippen LogP contribution in [0.15, 0.2) is 59.1 Å². The molecule has 0 aliphatic heterocycles. The third-order valence-electron chi connectivity index (χ3n) is 4.78. The van der Waals surface area contributed by atoms with E-state index >= 15 is 0 Å². The van der Waals surface area contributed by atoms with Gasteiger partial charge in [0.05, 0.1) is 26.7 Å². The fraction of sp³-hybridized carbons (Fsp3) is 0.250. The molecule has 0 bridgehead atoms. The fourth-order valence-electron chi connectivity index (χ4n) is 3.14. The van der Waals surface area contributed by atoms with Gasteiger partial charge in [-0.2, -0.15) is 0 Å². The molecule has 0 atom stereocenters. The molecule has 188 valence electrons. The first-order valence-electron chi connectivity index (χ1n) is 10.6. The molecule has 3 rings (SSSR count). The van der Waals surface area contributed by atoms with Crippen molar-refractivity contribution >= 4 is 62.9 Å². The molecule has 0 fully saturated rings. The van der Waals surface area contributed by atoms with Gasteiger partial charge in [0.25, 0.3) is 5.69 Å². The quantitative estimate of drug-likeness (QED) is 0.128. The number of nitrogens with zero attached hydrogens (tertiary/aromatic N) is 1. The first-order valence-corrected chi connectivity index (χ1v) is 12.1. The number of nitro groups is 1. The average Bonchev–Trinajstić information content (AvgIpc) is 2.80. The summed E-state index contributed by atoms with van der Waals surface area (Å²) in [4.78, 5) is 10.3. The molecule has 0 unspecified atom stereocenters. The van der Waals surface area contributed by atoms with Crippen molar-refractivity contribution in [3.63, 3.8) is 0 Å². The van der Waals surface area contributed by atoms with Crippen molar-refractivity contribution in [2.75, 3.05) is 25.0 Å². The van der Waals surface area contributed by atoms with Crippen LogP contribution in [0.2, 0.25) is 10.0 Å². The summed E-state index contributed by atoms with van der Waals surface area (Å²) in [5.74, 6) is 1.31. The molecule has 0 heterocycles. The van der Waals surface area contributed by atoms with Crippen LogP contribution in [0.1, 0.15) is 18.1 Å². The predicted octanol–water partition coefficient (Wildman–Crippen LogP) is 7.27. The minimum absolute atomic E-state index is 0. The summed E-state index contributed by atoms with van der Waals surface area (Å²) in [7, 11) is 0. The standard InChI is InChI=1S/C24H24BrCl2N3O4.ClH/c1-2-33-23-12-17(11-20(25)24(23)34-15-16-3-5-18(26)6-4-16)14-28-9-10-29-22-8-7-19(30(31)32)13-21(22)27;/h3-8,11-13,28-29H,2,9-10,14-15H2,1H3;1H. The molecule has 0 saturated carbocycles. The second-order valence-electron chi connectivity index (χ2n) is 7.28. The van der Waals surface area contributed by atoms with Crippen molar-refractivity contribution in [3.8, 4) is 11.5 Å². The van der Waals surface area contributed by atoms with Crippen LogP contribution in [0, 0.1) is 10.1 Å². The molecular weight excluding hydrogens is 581 g/mol. The largest absolute Gasteiger partial charge is 0.490 e. The van der Waals surface area contributed by atoms with Crippen molar-refractivity contribution in [2.45, 2.75) is 20.1 Å². The number of halogens is 4. The van der Waals surface area contributed by atoms with Gasteiger partial charge >= 0.3 is 0 Å². The normalized spacial score (nSPS) is 10.4. The molecule has 35 heavy (non-hydrogen) atoms. The molecule has 3 aromatic rings. The molecule has 0 amide bonds. The zero-order valence-corrected chi connectivity index (χ0v) is 22.8. The van der Waals surface area contributed by atoms with E-state index in [1.54, 1.807) is 6.07 Å². The summed E-state index contributed by atoms with van der Waals surface area (Å²) in [6.07, 6.45) is 0. The molecule has 3 aromatic carbocycles. The summed E-state index contributed by atoms with van der Waals surface area (Å²) in [6, 6.07) is 15.8. The van der Waals surface area contributed by atoms with Crippen molar-refractivity contribution in [1.29, 1.82) is 0 Å². The van der Waals surface area contributed by atoms with E-state index in [0.717, 1.165) is 15.6 Å². The van der Waals surface area contributed by atoms with Crippen molar-refractivity contribution in [2.24, 2.45) is 0 Å². The van der Waals surface area contributed by atoms with E-state index in [1.165, 1.54) is 12.1 Å². The summed E-state index contributed by atoms with van der Waals surface area (Å²) >= 11 is 15.7. The molecule has 0 aliphatic rings. The van der Waals surface area contributed by atoms with E-state index in [-0.39, 0.29) is 18.1 Å². The Kier molecular flexibility index (Phi) is 11.9. The van der Waals surface area contributed by atoms with Crippen LogP contribution in [0.4, 0.5) is 11.4 Å². The average molecular weight is 606 g/mol. The smallest absolute Gasteiger partial charge is 0.271 e. The van der Waals surface area contributed by atoms with Crippen LogP contribution >= 0.6 is 51.5 Å². The summed E-state index contributed by atoms with van der Waals surface area (Å²) in [5, 5.41) is 18.3. The van der Waals surface area contributed by atoms with Crippen LogP contribution in [0.5, 0.6) is 11.5 Å². The van der Waals surface area contributed by atoms with Gasteiger partial charge in [-0.15, -0.1) is 12.4 Å². The predicted molar refractivity (Wildman–Crippen MR) is 147 cm³/mol. The van der Waals surface area contributed by atoms with Gasteiger partial charge in [-0.05, 0) is 64.3 Å². The molecule has 2 N–H and O–H groups in total. The van der Waals surface area contributed by atoms with Crippen LogP contribution in [0.25, 0.3) is 0 Å². The lowest BCUT2D eigenvalue weighted by Gasteiger charge is -2.16. The first-order chi connectivity index (χ1) is 16.4. The molecule has 11 heteroatoms. The van der Waals surface area contributed by atoms with Crippen molar-refractivity contribution in [1.82, 2.24) is 5.32 Å². The van der Waals surface area contributed by atoms with E-state index in [0.29, 0.717) is 60.1 Å². The number of hydrogen-bond donors (Lipinski definition) is 2. The van der Waals surface area contributed by atoms with E-state index < -0.39 is 4.92 Å². The lowest BCUT2D eigenvalue weighted by Crippen LogP contribution is -2.22. The highest BCUT2D eigenvalue weighted by Crippen LogP contribution is 2.37. The van der Waals surface area contributed by atoms with Gasteiger partial charge in [-0.25, -0.2) is 0 Å². The number of hydrogen-bond acceptors (Lipinski definition) is 6. The summed E-state index contributed by atoms with van der Waals surface area (Å²) in [5.41, 5.74) is 2.65. The number of nitrogens with one attached hydrogen (secondary N) is 2. The maximum Gasteiger partial charge on any atom is 0.271 e. The zero-order valence-electron chi connectivity index (χ0n) is 18.9. The molecule has 0 spiro atoms. The van der Waals surface area contributed by atoms with Gasteiger partial charge in [-0.1, -0.05) is 35.3 Å². The van der Waals surface area contributed by atoms with Crippen molar-refractivity contribution < 1.29 is 14.4 Å². The van der Waals surface area contributed by atoms with E-state index in [1.807, 2.05) is 43.3 Å². The number of non-ortho nitro benzene ring substituents is 1. The van der Waals surface area contributed by atoms with Crippen LogP contribution in [-0.2, 0) is 13.2 Å². The second-order valence-corrected chi connectivity index (χ2v) is 8.98. The van der Waals surface area contributed by atoms with Crippen LogP contribution < -0.4 is 20.1 Å². The Balaban J connectivity index is 0.00000432. The van der Waals surface area contributed by atoms with E-state index in [9.17, 15) is 10.1 Å². The van der Waals surface area contributed by atoms with E-state index in [4.69, 9.17) is 32.7 Å². The Morgan fingerprint density at radius 2 is 1.74 bits per heavy atom. The Morgan fingerprint density at radius 1 is 1.00 bits per heavy atom.